The molecule has 0 spiro atoms. The molecule has 3 fully saturated rings. The zero-order valence-corrected chi connectivity index (χ0v) is 25.6. The molecule has 0 radical (unpaired) electrons. The molecule has 6 rings (SSSR count). The Morgan fingerprint density at radius 3 is 1.93 bits per heavy atom. The number of nitrogens with zero attached hydrogens (tertiary/aromatic N) is 2. The van der Waals surface area contributed by atoms with Crippen molar-refractivity contribution < 1.29 is 55.7 Å². The summed E-state index contributed by atoms with van der Waals surface area (Å²) in [4.78, 5) is 50.6. The molecule has 2 aromatic rings. The number of rotatable bonds is 5. The van der Waals surface area contributed by atoms with E-state index in [0.29, 0.717) is 0 Å². The van der Waals surface area contributed by atoms with E-state index in [0.717, 1.165) is 4.90 Å². The third kappa shape index (κ3) is 3.79. The van der Waals surface area contributed by atoms with Crippen molar-refractivity contribution in [1.82, 2.24) is 4.90 Å². The Morgan fingerprint density at radius 1 is 0.870 bits per heavy atom. The molecule has 1 saturated carbocycles. The molecule has 2 heterocycles. The van der Waals surface area contributed by atoms with E-state index in [4.69, 9.17) is 32.7 Å². The van der Waals surface area contributed by atoms with Gasteiger partial charge in [0.2, 0.25) is 23.4 Å². The molecule has 2 aliphatic carbocycles. The summed E-state index contributed by atoms with van der Waals surface area (Å²) < 4.78 is 83.4. The Kier molecular flexibility index (Phi) is 7.36. The van der Waals surface area contributed by atoms with Crippen LogP contribution in [0.4, 0.5) is 27.6 Å². The first-order valence-electron chi connectivity index (χ1n) is 13.9. The van der Waals surface area contributed by atoms with Crippen molar-refractivity contribution in [2.75, 3.05) is 25.7 Å². The lowest BCUT2D eigenvalue weighted by Crippen LogP contribution is -2.60. The second-order valence-corrected chi connectivity index (χ2v) is 12.6. The number of hydrogen-bond donors (Lipinski definition) is 1. The molecule has 2 aliphatic heterocycles. The van der Waals surface area contributed by atoms with E-state index < -0.39 is 104 Å². The van der Waals surface area contributed by atoms with Crippen LogP contribution in [0.1, 0.15) is 31.2 Å². The fourth-order valence-corrected chi connectivity index (χ4v) is 8.33. The summed E-state index contributed by atoms with van der Waals surface area (Å²) in [6, 6.07) is 2.47. The standard InChI is InChI=1S/C30H23Cl2F5N2O7/c1-4-38-25(41)12-6-5-11-13(16(12)26(38)42)9-29(31)27(43)39(23-21(36)19(34)18(33)20(35)22(23)37)28(44)30(29,32)17(11)10-7-14(45-2)24(40)15(8-10)46-3/h5,7-8,12-13,16-17,40H,4,6,9H2,1-3H3/t12-,13+,16-,17-,29+,30-/m0/s1. The number of phenolic OH excluding ortho intramolecular Hbond substituents is 1. The molecule has 9 nitrogen and oxygen atoms in total. The maximum absolute atomic E-state index is 15.1. The van der Waals surface area contributed by atoms with Crippen molar-refractivity contribution in [2.24, 2.45) is 17.8 Å². The van der Waals surface area contributed by atoms with E-state index in [2.05, 4.69) is 0 Å². The molecule has 2 saturated heterocycles. The van der Waals surface area contributed by atoms with Crippen LogP contribution in [-0.2, 0) is 19.2 Å². The second kappa shape index (κ2) is 10.6. The molecule has 0 aromatic heterocycles. The van der Waals surface area contributed by atoms with E-state index in [1.54, 1.807) is 13.0 Å². The number of alkyl halides is 2. The SMILES string of the molecule is CCN1C(=O)[C@H]2[C@H](CC=C3[C@H]2C[C@@]2(Cl)C(=O)N(c4c(F)c(F)c(F)c(F)c4F)C(=O)[C@@]2(Cl)[C@H]3c2cc(OC)c(O)c(OC)c2)C1=O. The quantitative estimate of drug-likeness (QED) is 0.121. The fourth-order valence-electron chi connectivity index (χ4n) is 7.40. The van der Waals surface area contributed by atoms with Gasteiger partial charge in [0.05, 0.1) is 26.1 Å². The number of aromatic hydroxyl groups is 1. The normalized spacial score (nSPS) is 30.3. The zero-order chi connectivity index (χ0) is 33.8. The van der Waals surface area contributed by atoms with Gasteiger partial charge in [0.15, 0.2) is 44.5 Å². The third-order valence-electron chi connectivity index (χ3n) is 9.46. The highest BCUT2D eigenvalue weighted by Gasteiger charge is 2.77. The lowest BCUT2D eigenvalue weighted by atomic mass is 9.56. The molecule has 1 N–H and O–H groups in total. The van der Waals surface area contributed by atoms with Gasteiger partial charge in [-0.15, -0.1) is 23.2 Å². The number of carbonyl (C=O) groups excluding carboxylic acids is 4. The topological polar surface area (TPSA) is 113 Å². The number of benzene rings is 2. The molecule has 4 aliphatic rings. The first-order chi connectivity index (χ1) is 21.6. The number of methoxy groups -OCH3 is 2. The van der Waals surface area contributed by atoms with Crippen molar-refractivity contribution in [3.63, 3.8) is 0 Å². The Labute approximate surface area is 267 Å². The number of imide groups is 2. The second-order valence-electron chi connectivity index (χ2n) is 11.4. The number of phenols is 1. The van der Waals surface area contributed by atoms with E-state index in [9.17, 15) is 37.5 Å². The molecule has 46 heavy (non-hydrogen) atoms. The summed E-state index contributed by atoms with van der Waals surface area (Å²) in [5.41, 5.74) is -1.60. The van der Waals surface area contributed by atoms with E-state index in [1.807, 2.05) is 0 Å². The van der Waals surface area contributed by atoms with Crippen molar-refractivity contribution in [2.45, 2.75) is 35.4 Å². The van der Waals surface area contributed by atoms with Crippen LogP contribution >= 0.6 is 23.2 Å². The van der Waals surface area contributed by atoms with Gasteiger partial charge in [-0.25, -0.2) is 26.9 Å². The van der Waals surface area contributed by atoms with Crippen LogP contribution in [0.25, 0.3) is 0 Å². The zero-order valence-electron chi connectivity index (χ0n) is 24.1. The number of halogens is 7. The molecular formula is C30H23Cl2F5N2O7. The lowest BCUT2D eigenvalue weighted by Gasteiger charge is -2.50. The first-order valence-corrected chi connectivity index (χ1v) is 14.7. The minimum absolute atomic E-state index is 0.00612. The lowest BCUT2D eigenvalue weighted by molar-refractivity contribution is -0.140. The molecule has 6 atom stereocenters. The van der Waals surface area contributed by atoms with E-state index in [-0.39, 0.29) is 40.5 Å². The minimum Gasteiger partial charge on any atom is -0.502 e. The number of anilines is 1. The highest BCUT2D eigenvalue weighted by molar-refractivity contribution is 6.58. The number of hydrogen-bond acceptors (Lipinski definition) is 7. The van der Waals surface area contributed by atoms with E-state index >= 15 is 8.78 Å². The largest absolute Gasteiger partial charge is 0.502 e. The average Bonchev–Trinajstić information content (AvgIpc) is 3.37. The number of carbonyl (C=O) groups is 4. The summed E-state index contributed by atoms with van der Waals surface area (Å²) >= 11 is 14.1. The highest BCUT2D eigenvalue weighted by Crippen LogP contribution is 2.66. The van der Waals surface area contributed by atoms with Gasteiger partial charge in [0.1, 0.15) is 5.69 Å². The number of likely N-dealkylation sites (tertiary alicyclic amines) is 1. The molecule has 244 valence electrons. The van der Waals surface area contributed by atoms with Gasteiger partial charge in [-0.2, -0.15) is 0 Å². The Morgan fingerprint density at radius 2 is 1.41 bits per heavy atom. The fraction of sp³-hybridized carbons (Fsp3) is 0.400. The van der Waals surface area contributed by atoms with Gasteiger partial charge in [-0.1, -0.05) is 11.6 Å². The summed E-state index contributed by atoms with van der Waals surface area (Å²) in [5.74, 6) is -22.0. The van der Waals surface area contributed by atoms with Crippen molar-refractivity contribution in [1.29, 1.82) is 0 Å². The Balaban J connectivity index is 1.64. The first kappa shape index (κ1) is 32.0. The molecule has 16 heteroatoms. The molecule has 4 amide bonds. The number of fused-ring (bicyclic) bond motifs is 4. The van der Waals surface area contributed by atoms with Crippen LogP contribution < -0.4 is 14.4 Å². The van der Waals surface area contributed by atoms with Crippen LogP contribution in [0.3, 0.4) is 0 Å². The summed E-state index contributed by atoms with van der Waals surface area (Å²) in [6.07, 6.45) is 0.944. The predicted molar refractivity (Wildman–Crippen MR) is 150 cm³/mol. The number of amides is 4. The van der Waals surface area contributed by atoms with Crippen LogP contribution in [0.5, 0.6) is 17.2 Å². The van der Waals surface area contributed by atoms with Crippen molar-refractivity contribution in [3.8, 4) is 17.2 Å². The van der Waals surface area contributed by atoms with Crippen LogP contribution in [0.2, 0.25) is 0 Å². The number of allylic oxidation sites excluding steroid dienone is 2. The monoisotopic (exact) mass is 688 g/mol. The Bertz CT molecular complexity index is 1750. The predicted octanol–water partition coefficient (Wildman–Crippen LogP) is 4.69. The molecule has 2 aromatic carbocycles. The average molecular weight is 689 g/mol. The number of ether oxygens (including phenoxy) is 2. The molecule has 0 unspecified atom stereocenters. The van der Waals surface area contributed by atoms with Gasteiger partial charge in [0.25, 0.3) is 11.8 Å². The highest BCUT2D eigenvalue weighted by atomic mass is 35.5. The summed E-state index contributed by atoms with van der Waals surface area (Å²) in [5, 5.41) is 10.6. The Hall–Kier alpha value is -3.91. The van der Waals surface area contributed by atoms with Gasteiger partial charge < -0.3 is 14.6 Å². The van der Waals surface area contributed by atoms with Gasteiger partial charge >= 0.3 is 0 Å². The van der Waals surface area contributed by atoms with Crippen molar-refractivity contribution in [3.05, 3.63) is 58.4 Å². The summed E-state index contributed by atoms with van der Waals surface area (Å²) in [6.45, 7) is 1.63. The molecular weight excluding hydrogens is 666 g/mol. The van der Waals surface area contributed by atoms with Gasteiger partial charge in [-0.05, 0) is 43.4 Å². The minimum atomic E-state index is -2.72. The smallest absolute Gasteiger partial charge is 0.258 e. The van der Waals surface area contributed by atoms with Gasteiger partial charge in [-0.3, -0.25) is 24.1 Å². The van der Waals surface area contributed by atoms with Crippen molar-refractivity contribution >= 4 is 52.5 Å². The third-order valence-corrected chi connectivity index (χ3v) is 10.9. The van der Waals surface area contributed by atoms with E-state index in [1.165, 1.54) is 26.4 Å². The maximum atomic E-state index is 15.1. The van der Waals surface area contributed by atoms with Gasteiger partial charge in [0, 0.05) is 12.5 Å². The van der Waals surface area contributed by atoms with Crippen LogP contribution in [0.15, 0.2) is 23.8 Å². The maximum Gasteiger partial charge on any atom is 0.258 e. The van der Waals surface area contributed by atoms with Crippen LogP contribution in [0, 0.1) is 46.8 Å². The summed E-state index contributed by atoms with van der Waals surface area (Å²) in [7, 11) is 2.40. The van der Waals surface area contributed by atoms with Crippen LogP contribution in [-0.4, -0.2) is 64.1 Å². The molecule has 0 bridgehead atoms.